The van der Waals surface area contributed by atoms with Crippen LogP contribution in [-0.2, 0) is 4.79 Å². The molecular weight excluding hydrogens is 174 g/mol. The molecule has 2 heteroatoms. The van der Waals surface area contributed by atoms with Gasteiger partial charge in [0.2, 0.25) is 0 Å². The van der Waals surface area contributed by atoms with Gasteiger partial charge in [-0.15, -0.1) is 0 Å². The second-order valence-electron chi connectivity index (χ2n) is 3.31. The third kappa shape index (κ3) is 1.39. The van der Waals surface area contributed by atoms with Crippen molar-refractivity contribution < 1.29 is 4.79 Å². The quantitative estimate of drug-likeness (QED) is 0.651. The van der Waals surface area contributed by atoms with Crippen LogP contribution in [0.15, 0.2) is 41.9 Å². The fraction of sp³-hybridized carbons (Fsp3) is 0.167. The van der Waals surface area contributed by atoms with Gasteiger partial charge in [-0.25, -0.2) is 0 Å². The minimum Gasteiger partial charge on any atom is -0.303 e. The molecule has 1 aliphatic rings. The van der Waals surface area contributed by atoms with Crippen LogP contribution in [0.3, 0.4) is 0 Å². The van der Waals surface area contributed by atoms with Crippen LogP contribution in [-0.4, -0.2) is 12.0 Å². The summed E-state index contributed by atoms with van der Waals surface area (Å²) in [5.41, 5.74) is 2.81. The lowest BCUT2D eigenvalue weighted by molar-refractivity contribution is -0.108. The van der Waals surface area contributed by atoms with E-state index in [0.717, 1.165) is 23.2 Å². The fourth-order valence-corrected chi connectivity index (χ4v) is 1.69. The first kappa shape index (κ1) is 8.88. The van der Waals surface area contributed by atoms with Gasteiger partial charge in [0.25, 0.3) is 0 Å². The third-order valence-electron chi connectivity index (χ3n) is 2.43. The zero-order chi connectivity index (χ0) is 9.97. The number of aliphatic imine (C=N–C) groups is 1. The molecule has 0 bridgehead atoms. The normalized spacial score (nSPS) is 19.4. The minimum atomic E-state index is -0.0586. The Morgan fingerprint density at radius 3 is 2.93 bits per heavy atom. The monoisotopic (exact) mass is 185 g/mol. The van der Waals surface area contributed by atoms with Gasteiger partial charge >= 0.3 is 0 Å². The third-order valence-corrected chi connectivity index (χ3v) is 2.43. The van der Waals surface area contributed by atoms with E-state index in [4.69, 9.17) is 0 Å². The SMILES string of the molecule is C=CC1=Nc2ccccc2C(C=O)C1. The van der Waals surface area contributed by atoms with Gasteiger partial charge < -0.3 is 4.79 Å². The van der Waals surface area contributed by atoms with Crippen LogP contribution in [0.25, 0.3) is 0 Å². The lowest BCUT2D eigenvalue weighted by Gasteiger charge is -2.18. The Morgan fingerprint density at radius 2 is 2.21 bits per heavy atom. The molecule has 0 amide bonds. The standard InChI is InChI=1S/C12H11NO/c1-2-10-7-9(8-14)11-5-3-4-6-12(11)13-10/h2-6,8-9H,1,7H2. The molecule has 1 heterocycles. The highest BCUT2D eigenvalue weighted by Gasteiger charge is 2.19. The number of carbonyl (C=O) groups is 1. The summed E-state index contributed by atoms with van der Waals surface area (Å²) < 4.78 is 0. The summed E-state index contributed by atoms with van der Waals surface area (Å²) >= 11 is 0. The van der Waals surface area contributed by atoms with Crippen molar-refractivity contribution in [3.8, 4) is 0 Å². The first-order valence-electron chi connectivity index (χ1n) is 4.59. The zero-order valence-corrected chi connectivity index (χ0v) is 7.81. The van der Waals surface area contributed by atoms with E-state index >= 15 is 0 Å². The van der Waals surface area contributed by atoms with Crippen molar-refractivity contribution in [2.24, 2.45) is 4.99 Å². The second kappa shape index (κ2) is 3.58. The summed E-state index contributed by atoms with van der Waals surface area (Å²) in [7, 11) is 0. The molecule has 0 N–H and O–H groups in total. The van der Waals surface area contributed by atoms with Crippen LogP contribution >= 0.6 is 0 Å². The molecule has 2 rings (SSSR count). The molecule has 14 heavy (non-hydrogen) atoms. The molecule has 0 aromatic heterocycles. The molecule has 1 atom stereocenters. The van der Waals surface area contributed by atoms with E-state index < -0.39 is 0 Å². The number of para-hydroxylation sites is 1. The Kier molecular flexibility index (Phi) is 2.27. The van der Waals surface area contributed by atoms with Gasteiger partial charge in [0.15, 0.2) is 0 Å². The van der Waals surface area contributed by atoms with Crippen molar-refractivity contribution in [1.82, 2.24) is 0 Å². The maximum Gasteiger partial charge on any atom is 0.127 e. The Bertz CT molecular complexity index is 407. The van der Waals surface area contributed by atoms with Gasteiger partial charge in [0.1, 0.15) is 6.29 Å². The predicted octanol–water partition coefficient (Wildman–Crippen LogP) is 2.63. The number of carbonyl (C=O) groups excluding carboxylic acids is 1. The van der Waals surface area contributed by atoms with Crippen molar-refractivity contribution >= 4 is 17.7 Å². The number of fused-ring (bicyclic) bond motifs is 1. The largest absolute Gasteiger partial charge is 0.303 e. The zero-order valence-electron chi connectivity index (χ0n) is 7.81. The van der Waals surface area contributed by atoms with E-state index in [2.05, 4.69) is 11.6 Å². The average molecular weight is 185 g/mol. The molecular formula is C12H11NO. The molecule has 1 unspecified atom stereocenters. The molecule has 0 spiro atoms. The summed E-state index contributed by atoms with van der Waals surface area (Å²) in [4.78, 5) is 15.3. The van der Waals surface area contributed by atoms with Crippen LogP contribution in [0.5, 0.6) is 0 Å². The van der Waals surface area contributed by atoms with E-state index in [1.54, 1.807) is 6.08 Å². The molecule has 1 aromatic rings. The highest BCUT2D eigenvalue weighted by molar-refractivity contribution is 6.00. The number of benzene rings is 1. The van der Waals surface area contributed by atoms with Crippen LogP contribution < -0.4 is 0 Å². The molecule has 0 radical (unpaired) electrons. The number of hydrogen-bond donors (Lipinski definition) is 0. The fourth-order valence-electron chi connectivity index (χ4n) is 1.69. The number of aldehydes is 1. The molecule has 2 nitrogen and oxygen atoms in total. The number of nitrogens with zero attached hydrogens (tertiary/aromatic N) is 1. The summed E-state index contributed by atoms with van der Waals surface area (Å²) in [6.07, 6.45) is 3.37. The van der Waals surface area contributed by atoms with E-state index in [9.17, 15) is 4.79 Å². The molecule has 1 aliphatic heterocycles. The first-order chi connectivity index (χ1) is 6.85. The van der Waals surface area contributed by atoms with E-state index in [1.165, 1.54) is 0 Å². The molecule has 1 aromatic carbocycles. The topological polar surface area (TPSA) is 29.4 Å². The molecule has 0 saturated heterocycles. The van der Waals surface area contributed by atoms with Gasteiger partial charge in [0, 0.05) is 18.1 Å². The lowest BCUT2D eigenvalue weighted by atomic mass is 9.91. The number of hydrogen-bond acceptors (Lipinski definition) is 2. The van der Waals surface area contributed by atoms with Crippen LogP contribution in [0.4, 0.5) is 5.69 Å². The van der Waals surface area contributed by atoms with Crippen LogP contribution in [0.2, 0.25) is 0 Å². The predicted molar refractivity (Wildman–Crippen MR) is 57.2 cm³/mol. The maximum absolute atomic E-state index is 10.9. The van der Waals surface area contributed by atoms with Gasteiger partial charge in [-0.2, -0.15) is 0 Å². The summed E-state index contributed by atoms with van der Waals surface area (Å²) in [5.74, 6) is -0.0586. The minimum absolute atomic E-state index is 0.0586. The average Bonchev–Trinajstić information content (AvgIpc) is 2.27. The molecule has 0 aliphatic carbocycles. The van der Waals surface area contributed by atoms with E-state index in [0.29, 0.717) is 6.42 Å². The summed E-state index contributed by atoms with van der Waals surface area (Å²) in [6.45, 7) is 3.68. The smallest absolute Gasteiger partial charge is 0.127 e. The van der Waals surface area contributed by atoms with Crippen molar-refractivity contribution in [2.75, 3.05) is 0 Å². The van der Waals surface area contributed by atoms with E-state index in [-0.39, 0.29) is 5.92 Å². The summed E-state index contributed by atoms with van der Waals surface area (Å²) in [5, 5.41) is 0. The van der Waals surface area contributed by atoms with Crippen molar-refractivity contribution in [3.05, 3.63) is 42.5 Å². The van der Waals surface area contributed by atoms with Crippen LogP contribution in [0.1, 0.15) is 17.9 Å². The van der Waals surface area contributed by atoms with Crippen LogP contribution in [0, 0.1) is 0 Å². The maximum atomic E-state index is 10.9. The highest BCUT2D eigenvalue weighted by Crippen LogP contribution is 2.33. The Balaban J connectivity index is 2.53. The Morgan fingerprint density at radius 1 is 1.43 bits per heavy atom. The van der Waals surface area contributed by atoms with Crippen molar-refractivity contribution in [3.63, 3.8) is 0 Å². The Hall–Kier alpha value is -1.70. The molecule has 70 valence electrons. The molecule has 0 fully saturated rings. The van der Waals surface area contributed by atoms with Gasteiger partial charge in [-0.1, -0.05) is 24.8 Å². The summed E-state index contributed by atoms with van der Waals surface area (Å²) in [6, 6.07) is 7.74. The van der Waals surface area contributed by atoms with Gasteiger partial charge in [-0.05, 0) is 17.7 Å². The lowest BCUT2D eigenvalue weighted by Crippen LogP contribution is -2.11. The highest BCUT2D eigenvalue weighted by atomic mass is 16.1. The van der Waals surface area contributed by atoms with Crippen molar-refractivity contribution in [1.29, 1.82) is 0 Å². The molecule has 0 saturated carbocycles. The number of allylic oxidation sites excluding steroid dienone is 1. The van der Waals surface area contributed by atoms with Gasteiger partial charge in [-0.3, -0.25) is 4.99 Å². The second-order valence-corrected chi connectivity index (χ2v) is 3.31. The van der Waals surface area contributed by atoms with Gasteiger partial charge in [0.05, 0.1) is 5.69 Å². The first-order valence-corrected chi connectivity index (χ1v) is 4.59. The number of rotatable bonds is 2. The Labute approximate surface area is 83.0 Å². The van der Waals surface area contributed by atoms with Crippen molar-refractivity contribution in [2.45, 2.75) is 12.3 Å². The van der Waals surface area contributed by atoms with E-state index in [1.807, 2.05) is 24.3 Å².